The van der Waals surface area contributed by atoms with Gasteiger partial charge in [-0.25, -0.2) is 14.4 Å². The lowest BCUT2D eigenvalue weighted by atomic mass is 9.96. The fourth-order valence-corrected chi connectivity index (χ4v) is 5.26. The number of aromatic nitrogens is 5. The molecule has 0 radical (unpaired) electrons. The summed E-state index contributed by atoms with van der Waals surface area (Å²) in [6.07, 6.45) is 4.19. The Hall–Kier alpha value is -3.41. The number of β-amino-alcohol motifs (C(OH)–C–C–N with tert-alkyl or cyclic N) is 1. The number of aryl methyl sites for hydroxylation is 1. The van der Waals surface area contributed by atoms with E-state index in [-0.39, 0.29) is 5.82 Å². The zero-order valence-electron chi connectivity index (χ0n) is 18.9. The highest BCUT2D eigenvalue weighted by Crippen LogP contribution is 2.40. The summed E-state index contributed by atoms with van der Waals surface area (Å²) in [5, 5.41) is 19.8. The molecule has 1 aromatic carbocycles. The van der Waals surface area contributed by atoms with E-state index in [9.17, 15) is 9.50 Å². The zero-order chi connectivity index (χ0) is 24.0. The molecule has 176 valence electrons. The lowest BCUT2D eigenvalue weighted by molar-refractivity contribution is -0.0919. The van der Waals surface area contributed by atoms with Gasteiger partial charge >= 0.3 is 0 Å². The van der Waals surface area contributed by atoms with Crippen LogP contribution in [-0.2, 0) is 5.60 Å². The molecule has 5 rings (SSSR count). The molecule has 34 heavy (non-hydrogen) atoms. The molecule has 11 heteroatoms. The van der Waals surface area contributed by atoms with Crippen LogP contribution in [-0.4, -0.2) is 55.1 Å². The summed E-state index contributed by atoms with van der Waals surface area (Å²) in [5.74, 6) is 0.186. The molecule has 1 aliphatic rings. The number of hydrogen-bond acceptors (Lipinski definition) is 9. The molecule has 4 heterocycles. The second kappa shape index (κ2) is 8.42. The van der Waals surface area contributed by atoms with Gasteiger partial charge in [-0.15, -0.1) is 11.3 Å². The lowest BCUT2D eigenvalue weighted by Crippen LogP contribution is -2.57. The first kappa shape index (κ1) is 22.4. The van der Waals surface area contributed by atoms with Crippen LogP contribution in [0.4, 0.5) is 10.2 Å². The Kier molecular flexibility index (Phi) is 5.54. The van der Waals surface area contributed by atoms with Crippen molar-refractivity contribution >= 4 is 17.2 Å². The topological polar surface area (TPSA) is 115 Å². The maximum atomic E-state index is 14.1. The van der Waals surface area contributed by atoms with Gasteiger partial charge in [0.2, 0.25) is 0 Å². The first-order chi connectivity index (χ1) is 16.2. The molecule has 3 aromatic heterocycles. The number of ether oxygens (including phenoxy) is 1. The summed E-state index contributed by atoms with van der Waals surface area (Å²) in [4.78, 5) is 13.3. The van der Waals surface area contributed by atoms with E-state index in [1.165, 1.54) is 28.3 Å². The average molecular weight is 482 g/mol. The number of hydrogen-bond donors (Lipinski definition) is 2. The van der Waals surface area contributed by atoms with Crippen molar-refractivity contribution in [3.8, 4) is 21.9 Å². The van der Waals surface area contributed by atoms with Crippen LogP contribution in [0.15, 0.2) is 42.9 Å². The van der Waals surface area contributed by atoms with Crippen LogP contribution < -0.4 is 10.5 Å². The van der Waals surface area contributed by atoms with Crippen LogP contribution in [0.1, 0.15) is 29.3 Å². The minimum Gasteiger partial charge on any atom is -0.482 e. The number of anilines is 1. The van der Waals surface area contributed by atoms with Gasteiger partial charge in [0.25, 0.3) is 0 Å². The van der Waals surface area contributed by atoms with Gasteiger partial charge in [0.05, 0.1) is 28.7 Å². The van der Waals surface area contributed by atoms with E-state index in [0.29, 0.717) is 35.1 Å². The van der Waals surface area contributed by atoms with Crippen LogP contribution in [0.25, 0.3) is 16.1 Å². The smallest absolute Gasteiger partial charge is 0.166 e. The minimum atomic E-state index is -0.925. The first-order valence-corrected chi connectivity index (χ1v) is 11.5. The lowest BCUT2D eigenvalue weighted by Gasteiger charge is -2.42. The number of nitrogens with zero attached hydrogens (tertiary/aromatic N) is 6. The van der Waals surface area contributed by atoms with Crippen LogP contribution in [0.5, 0.6) is 5.75 Å². The highest BCUT2D eigenvalue weighted by atomic mass is 32.1. The number of likely N-dealkylation sites (N-methyl/N-ethyl adjacent to an activating group) is 1. The molecule has 0 bridgehead atoms. The number of nitrogen functional groups attached to an aromatic ring is 1. The van der Waals surface area contributed by atoms with E-state index >= 15 is 0 Å². The van der Waals surface area contributed by atoms with Crippen molar-refractivity contribution in [3.63, 3.8) is 0 Å². The number of benzene rings is 1. The van der Waals surface area contributed by atoms with Crippen molar-refractivity contribution in [2.75, 3.05) is 25.9 Å². The molecule has 1 fully saturated rings. The largest absolute Gasteiger partial charge is 0.482 e. The third-order valence-electron chi connectivity index (χ3n) is 5.77. The van der Waals surface area contributed by atoms with Gasteiger partial charge in [-0.05, 0) is 45.2 Å². The van der Waals surface area contributed by atoms with Crippen LogP contribution in [0, 0.1) is 12.7 Å². The van der Waals surface area contributed by atoms with Crippen LogP contribution in [0.3, 0.4) is 0 Å². The normalized spacial score (nSPS) is 16.3. The highest BCUT2D eigenvalue weighted by Gasteiger charge is 2.43. The Morgan fingerprint density at radius 3 is 2.68 bits per heavy atom. The van der Waals surface area contributed by atoms with E-state index in [1.807, 2.05) is 18.9 Å². The van der Waals surface area contributed by atoms with E-state index in [0.717, 1.165) is 16.1 Å². The number of aliphatic hydroxyl groups is 1. The standard InChI is InChI=1S/C23H24FN7O2S/c1-13-20(34-22(29-13)23(32)11-30(3)12-23)15-8-19(21(25)26-10-15)33-14(2)17-9-16(24)4-5-18(17)31-27-6-7-28-31/h4-10,14,32H,11-12H2,1-3H3,(H2,25,26)/t14-/m1/s1. The summed E-state index contributed by atoms with van der Waals surface area (Å²) < 4.78 is 20.2. The summed E-state index contributed by atoms with van der Waals surface area (Å²) >= 11 is 1.44. The van der Waals surface area contributed by atoms with Gasteiger partial charge in [-0.2, -0.15) is 15.0 Å². The number of rotatable bonds is 6. The Balaban J connectivity index is 1.45. The fourth-order valence-electron chi connectivity index (χ4n) is 4.15. The molecule has 1 saturated heterocycles. The zero-order valence-corrected chi connectivity index (χ0v) is 19.8. The van der Waals surface area contributed by atoms with E-state index in [1.54, 1.807) is 37.6 Å². The van der Waals surface area contributed by atoms with Gasteiger partial charge in [-0.1, -0.05) is 0 Å². The van der Waals surface area contributed by atoms with Crippen molar-refractivity contribution in [2.45, 2.75) is 25.6 Å². The number of pyridine rings is 1. The van der Waals surface area contributed by atoms with Gasteiger partial charge in [0, 0.05) is 30.4 Å². The quantitative estimate of drug-likeness (QED) is 0.432. The van der Waals surface area contributed by atoms with Crippen molar-refractivity contribution in [1.29, 1.82) is 0 Å². The summed E-state index contributed by atoms with van der Waals surface area (Å²) in [5.41, 5.74) is 7.93. The number of likely N-dealkylation sites (tertiary alicyclic amines) is 1. The predicted molar refractivity (Wildman–Crippen MR) is 126 cm³/mol. The molecule has 0 aliphatic carbocycles. The molecule has 4 aromatic rings. The first-order valence-electron chi connectivity index (χ1n) is 10.7. The molecule has 1 aliphatic heterocycles. The molecule has 0 unspecified atom stereocenters. The Bertz CT molecular complexity index is 1340. The average Bonchev–Trinajstić information content (AvgIpc) is 3.44. The molecule has 1 atom stereocenters. The predicted octanol–water partition coefficient (Wildman–Crippen LogP) is 3.09. The van der Waals surface area contributed by atoms with Crippen molar-refractivity contribution in [1.82, 2.24) is 29.9 Å². The van der Waals surface area contributed by atoms with Crippen molar-refractivity contribution in [2.24, 2.45) is 0 Å². The Morgan fingerprint density at radius 2 is 1.97 bits per heavy atom. The molecular weight excluding hydrogens is 457 g/mol. The van der Waals surface area contributed by atoms with Gasteiger partial charge < -0.3 is 15.6 Å². The molecule has 0 spiro atoms. The number of nitrogens with two attached hydrogens (primary N) is 1. The molecule has 0 saturated carbocycles. The molecule has 0 amide bonds. The summed E-state index contributed by atoms with van der Waals surface area (Å²) in [6.45, 7) is 4.79. The van der Waals surface area contributed by atoms with Gasteiger partial charge in [0.15, 0.2) is 11.6 Å². The van der Waals surface area contributed by atoms with E-state index < -0.39 is 17.5 Å². The summed E-state index contributed by atoms with van der Waals surface area (Å²) in [7, 11) is 1.96. The minimum absolute atomic E-state index is 0.215. The Labute approximate surface area is 199 Å². The van der Waals surface area contributed by atoms with Crippen LogP contribution in [0.2, 0.25) is 0 Å². The van der Waals surface area contributed by atoms with Gasteiger partial charge in [-0.3, -0.25) is 4.90 Å². The van der Waals surface area contributed by atoms with Gasteiger partial charge in [0.1, 0.15) is 22.5 Å². The highest BCUT2D eigenvalue weighted by molar-refractivity contribution is 7.15. The maximum absolute atomic E-state index is 14.1. The second-order valence-corrected chi connectivity index (χ2v) is 9.53. The Morgan fingerprint density at radius 1 is 1.24 bits per heavy atom. The summed E-state index contributed by atoms with van der Waals surface area (Å²) in [6, 6.07) is 6.15. The monoisotopic (exact) mass is 481 g/mol. The number of halogens is 1. The van der Waals surface area contributed by atoms with E-state index in [4.69, 9.17) is 10.5 Å². The van der Waals surface area contributed by atoms with E-state index in [2.05, 4.69) is 20.2 Å². The molecule has 3 N–H and O–H groups in total. The molecular formula is C23H24FN7O2S. The third kappa shape index (κ3) is 4.02. The second-order valence-electron chi connectivity index (χ2n) is 8.53. The molecule has 9 nitrogen and oxygen atoms in total. The SMILES string of the molecule is Cc1nc(C2(O)CN(C)C2)sc1-c1cnc(N)c(O[C@H](C)c2cc(F)ccc2-n2nccn2)c1. The maximum Gasteiger partial charge on any atom is 0.166 e. The number of thiazole rings is 1. The third-order valence-corrected chi connectivity index (χ3v) is 7.17. The van der Waals surface area contributed by atoms with Crippen molar-refractivity contribution < 1.29 is 14.2 Å². The fraction of sp³-hybridized carbons (Fsp3) is 0.304. The van der Waals surface area contributed by atoms with Crippen LogP contribution >= 0.6 is 11.3 Å². The van der Waals surface area contributed by atoms with Crippen molar-refractivity contribution in [3.05, 3.63) is 64.9 Å².